The summed E-state index contributed by atoms with van der Waals surface area (Å²) in [5, 5.41) is 3.72. The molecular weight excluding hydrogens is 332 g/mol. The molecule has 0 aromatic rings. The Morgan fingerprint density at radius 2 is 1.60 bits per heavy atom. The van der Waals surface area contributed by atoms with Crippen LogP contribution in [0.1, 0.15) is 58.8 Å². The van der Waals surface area contributed by atoms with E-state index in [1.54, 1.807) is 0 Å². The largest absolute Gasteiger partial charge is 0.361 e. The van der Waals surface area contributed by atoms with Gasteiger partial charge in [0, 0.05) is 6.54 Å². The van der Waals surface area contributed by atoms with E-state index in [0.717, 1.165) is 69.6 Å². The summed E-state index contributed by atoms with van der Waals surface area (Å²) in [6, 6.07) is 0. The molecule has 4 aliphatic rings. The third-order valence-electron chi connectivity index (χ3n) is 6.64. The van der Waals surface area contributed by atoms with Crippen molar-refractivity contribution in [3.63, 3.8) is 0 Å². The molecule has 0 aromatic carbocycles. The number of hydrazine groups is 1. The van der Waals surface area contributed by atoms with Gasteiger partial charge in [-0.25, -0.2) is 0 Å². The number of rotatable bonds is 7. The number of hydrogen-bond acceptors (Lipinski definition) is 3. The summed E-state index contributed by atoms with van der Waals surface area (Å²) in [7, 11) is 0. The fourth-order valence-corrected chi connectivity index (χ4v) is 5.88. The number of thiocarbonyl (C=S) groups is 1. The molecule has 0 radical (unpaired) electrons. The van der Waals surface area contributed by atoms with Gasteiger partial charge in [-0.1, -0.05) is 13.8 Å². The highest BCUT2D eigenvalue weighted by Gasteiger charge is 2.54. The van der Waals surface area contributed by atoms with Gasteiger partial charge in [0.25, 0.3) is 0 Å². The number of amides is 1. The molecule has 0 aliphatic heterocycles. The van der Waals surface area contributed by atoms with Gasteiger partial charge in [0.05, 0.1) is 5.41 Å². The molecule has 0 spiro atoms. The normalized spacial score (nSPS) is 32.7. The van der Waals surface area contributed by atoms with Crippen molar-refractivity contribution in [1.29, 1.82) is 0 Å². The van der Waals surface area contributed by atoms with Gasteiger partial charge in [-0.2, -0.15) is 0 Å². The molecule has 1 amide bonds. The zero-order valence-corrected chi connectivity index (χ0v) is 16.6. The fraction of sp³-hybridized carbons (Fsp3) is 0.895. The summed E-state index contributed by atoms with van der Waals surface area (Å²) in [4.78, 5) is 15.2. The molecule has 0 aromatic heterocycles. The summed E-state index contributed by atoms with van der Waals surface area (Å²) >= 11 is 5.30. The Bertz CT molecular complexity index is 457. The minimum atomic E-state index is -0.125. The lowest BCUT2D eigenvalue weighted by Crippen LogP contribution is -2.57. The van der Waals surface area contributed by atoms with Gasteiger partial charge in [0.1, 0.15) is 0 Å². The first kappa shape index (κ1) is 18.9. The van der Waals surface area contributed by atoms with Crippen LogP contribution >= 0.6 is 12.2 Å². The number of hydrogen-bond donors (Lipinski definition) is 3. The van der Waals surface area contributed by atoms with Crippen molar-refractivity contribution in [2.24, 2.45) is 23.2 Å². The van der Waals surface area contributed by atoms with E-state index in [9.17, 15) is 4.79 Å². The number of nitrogens with one attached hydrogen (secondary N) is 3. The minimum absolute atomic E-state index is 0.125. The van der Waals surface area contributed by atoms with Gasteiger partial charge in [-0.05, 0) is 94.6 Å². The highest BCUT2D eigenvalue weighted by molar-refractivity contribution is 7.80. The maximum atomic E-state index is 12.8. The van der Waals surface area contributed by atoms with Gasteiger partial charge in [-0.3, -0.25) is 15.6 Å². The number of nitrogens with zero attached hydrogens (tertiary/aromatic N) is 1. The van der Waals surface area contributed by atoms with E-state index in [1.807, 2.05) is 0 Å². The maximum Gasteiger partial charge on any atom is 0.244 e. The van der Waals surface area contributed by atoms with Gasteiger partial charge >= 0.3 is 0 Å². The molecule has 0 atom stereocenters. The van der Waals surface area contributed by atoms with Crippen molar-refractivity contribution in [2.45, 2.75) is 58.8 Å². The smallest absolute Gasteiger partial charge is 0.244 e. The van der Waals surface area contributed by atoms with E-state index in [0.29, 0.717) is 5.11 Å². The van der Waals surface area contributed by atoms with E-state index < -0.39 is 0 Å². The third kappa shape index (κ3) is 4.45. The van der Waals surface area contributed by atoms with Crippen molar-refractivity contribution in [3.05, 3.63) is 0 Å². The molecule has 4 saturated carbocycles. The van der Waals surface area contributed by atoms with E-state index >= 15 is 0 Å². The van der Waals surface area contributed by atoms with Gasteiger partial charge in [0.2, 0.25) is 5.91 Å². The van der Waals surface area contributed by atoms with Gasteiger partial charge in [-0.15, -0.1) is 0 Å². The predicted octanol–water partition coefficient (Wildman–Crippen LogP) is 2.43. The molecule has 0 unspecified atom stereocenters. The molecule has 4 fully saturated rings. The highest BCUT2D eigenvalue weighted by Crippen LogP contribution is 2.59. The number of carbonyl (C=O) groups is 1. The van der Waals surface area contributed by atoms with Gasteiger partial charge in [0.15, 0.2) is 5.11 Å². The molecule has 4 bridgehead atoms. The monoisotopic (exact) mass is 366 g/mol. The van der Waals surface area contributed by atoms with E-state index in [4.69, 9.17) is 12.2 Å². The van der Waals surface area contributed by atoms with Crippen molar-refractivity contribution in [2.75, 3.05) is 26.2 Å². The lowest BCUT2D eigenvalue weighted by molar-refractivity contribution is -0.146. The van der Waals surface area contributed by atoms with Crippen LogP contribution in [-0.4, -0.2) is 42.1 Å². The Labute approximate surface area is 157 Å². The number of carbonyl (C=O) groups excluding carboxylic acids is 1. The summed E-state index contributed by atoms with van der Waals surface area (Å²) in [5.74, 6) is 2.50. The van der Waals surface area contributed by atoms with E-state index in [2.05, 4.69) is 34.9 Å². The van der Waals surface area contributed by atoms with Crippen molar-refractivity contribution < 1.29 is 4.79 Å². The average molecular weight is 367 g/mol. The highest BCUT2D eigenvalue weighted by atomic mass is 32.1. The zero-order chi connectivity index (χ0) is 17.9. The predicted molar refractivity (Wildman–Crippen MR) is 105 cm³/mol. The lowest BCUT2D eigenvalue weighted by Gasteiger charge is -2.55. The third-order valence-corrected chi connectivity index (χ3v) is 6.89. The average Bonchev–Trinajstić information content (AvgIpc) is 2.58. The molecule has 6 heteroatoms. The first-order valence-electron chi connectivity index (χ1n) is 10.1. The second-order valence-electron chi connectivity index (χ2n) is 8.41. The topological polar surface area (TPSA) is 56.4 Å². The first-order valence-corrected chi connectivity index (χ1v) is 10.5. The molecule has 0 saturated heterocycles. The summed E-state index contributed by atoms with van der Waals surface area (Å²) < 4.78 is 0. The van der Waals surface area contributed by atoms with Crippen LogP contribution in [0.5, 0.6) is 0 Å². The molecule has 0 heterocycles. The quantitative estimate of drug-likeness (QED) is 0.367. The summed E-state index contributed by atoms with van der Waals surface area (Å²) in [5.41, 5.74) is 5.71. The summed E-state index contributed by atoms with van der Waals surface area (Å²) in [6.07, 6.45) is 8.35. The second-order valence-corrected chi connectivity index (χ2v) is 8.82. The van der Waals surface area contributed by atoms with Crippen LogP contribution < -0.4 is 16.2 Å². The molecule has 3 N–H and O–H groups in total. The van der Waals surface area contributed by atoms with Crippen LogP contribution in [0.25, 0.3) is 0 Å². The summed E-state index contributed by atoms with van der Waals surface area (Å²) in [6.45, 7) is 8.44. The molecule has 5 nitrogen and oxygen atoms in total. The Hall–Kier alpha value is -0.880. The van der Waals surface area contributed by atoms with E-state index in [-0.39, 0.29) is 11.3 Å². The first-order chi connectivity index (χ1) is 12.0. The standard InChI is InChI=1S/C19H34N4OS/c1-3-23(4-2)7-5-6-20-18(25)22-21-17(24)19-11-14-8-15(12-19)10-16(9-14)13-19/h14-16H,3-13H2,1-2H3,(H,21,24)(H2,20,22,25). The van der Waals surface area contributed by atoms with Gasteiger partial charge < -0.3 is 10.2 Å². The molecule has 4 rings (SSSR count). The zero-order valence-electron chi connectivity index (χ0n) is 15.8. The lowest BCUT2D eigenvalue weighted by atomic mass is 9.49. The Kier molecular flexibility index (Phi) is 6.21. The molecule has 4 aliphatic carbocycles. The Morgan fingerprint density at radius 1 is 1.04 bits per heavy atom. The Morgan fingerprint density at radius 3 is 2.12 bits per heavy atom. The van der Waals surface area contributed by atoms with Crippen LogP contribution in [0.3, 0.4) is 0 Å². The molecule has 25 heavy (non-hydrogen) atoms. The second kappa shape index (κ2) is 8.21. The fourth-order valence-electron chi connectivity index (χ4n) is 5.72. The van der Waals surface area contributed by atoms with Crippen LogP contribution in [0.4, 0.5) is 0 Å². The molecule has 142 valence electrons. The molecular formula is C19H34N4OS. The Balaban J connectivity index is 1.37. The van der Waals surface area contributed by atoms with Crippen molar-refractivity contribution in [3.8, 4) is 0 Å². The van der Waals surface area contributed by atoms with Crippen LogP contribution in [0.15, 0.2) is 0 Å². The minimum Gasteiger partial charge on any atom is -0.361 e. The van der Waals surface area contributed by atoms with Crippen LogP contribution in [-0.2, 0) is 4.79 Å². The SMILES string of the molecule is CCN(CC)CCCNC(=S)NNC(=O)C12CC3CC(CC(C3)C1)C2. The van der Waals surface area contributed by atoms with Crippen molar-refractivity contribution in [1.82, 2.24) is 21.1 Å². The van der Waals surface area contributed by atoms with Crippen molar-refractivity contribution >= 4 is 23.2 Å². The van der Waals surface area contributed by atoms with E-state index in [1.165, 1.54) is 19.3 Å². The van der Waals surface area contributed by atoms with Crippen LogP contribution in [0.2, 0.25) is 0 Å². The maximum absolute atomic E-state index is 12.8. The van der Waals surface area contributed by atoms with Crippen LogP contribution in [0, 0.1) is 23.2 Å².